The molecule has 0 fully saturated rings. The van der Waals surface area contributed by atoms with E-state index in [1.165, 1.54) is 24.3 Å². The summed E-state index contributed by atoms with van der Waals surface area (Å²) in [5, 5.41) is 19.4. The van der Waals surface area contributed by atoms with Gasteiger partial charge in [-0.1, -0.05) is 40.2 Å². The Morgan fingerprint density at radius 2 is 1.20 bits per heavy atom. The van der Waals surface area contributed by atoms with Crippen molar-refractivity contribution in [1.82, 2.24) is 0 Å². The summed E-state index contributed by atoms with van der Waals surface area (Å²) in [6.07, 6.45) is -4.89. The van der Waals surface area contributed by atoms with Crippen LogP contribution in [0.15, 0.2) is 53.0 Å². The summed E-state index contributed by atoms with van der Waals surface area (Å²) in [6, 6.07) is 9.54. The van der Waals surface area contributed by atoms with Crippen LogP contribution in [0, 0.1) is 0 Å². The predicted octanol–water partition coefficient (Wildman–Crippen LogP) is 3.95. The van der Waals surface area contributed by atoms with Gasteiger partial charge in [0.15, 0.2) is 0 Å². The van der Waals surface area contributed by atoms with Crippen LogP contribution in [0.25, 0.3) is 0 Å². The number of phenolic OH excluding ortho intramolecular Hbond substituents is 1. The summed E-state index contributed by atoms with van der Waals surface area (Å²) in [5.74, 6) is -0.172. The summed E-state index contributed by atoms with van der Waals surface area (Å²) in [7, 11) is 0. The highest BCUT2D eigenvalue weighted by Gasteiger charge is 2.56. The molecule has 1 unspecified atom stereocenters. The Bertz CT molecular complexity index is 546. The van der Waals surface area contributed by atoms with Crippen LogP contribution in [-0.4, -0.2) is 16.4 Å². The van der Waals surface area contributed by atoms with Crippen molar-refractivity contribution in [2.24, 2.45) is 0 Å². The fraction of sp³-hybridized carbons (Fsp3) is 0.143. The number of hydrogen-bond donors (Lipinski definition) is 2. The SMILES string of the molecule is Oc1ccc(C(O)(c2ccc(Br)cc2)C(F)(F)F)cc1. The maximum Gasteiger partial charge on any atom is 0.425 e. The number of phenols is 1. The van der Waals surface area contributed by atoms with Gasteiger partial charge in [-0.25, -0.2) is 0 Å². The molecule has 0 aliphatic carbocycles. The maximum absolute atomic E-state index is 13.4. The first kappa shape index (κ1) is 14.9. The Hall–Kier alpha value is -1.53. The molecule has 2 rings (SSSR count). The average molecular weight is 347 g/mol. The fourth-order valence-electron chi connectivity index (χ4n) is 1.89. The van der Waals surface area contributed by atoms with Crippen molar-refractivity contribution < 1.29 is 23.4 Å². The third-order valence-electron chi connectivity index (χ3n) is 2.96. The minimum atomic E-state index is -4.89. The van der Waals surface area contributed by atoms with E-state index < -0.39 is 11.8 Å². The quantitative estimate of drug-likeness (QED) is 0.864. The van der Waals surface area contributed by atoms with Gasteiger partial charge < -0.3 is 10.2 Å². The van der Waals surface area contributed by atoms with E-state index in [1.54, 1.807) is 0 Å². The molecule has 20 heavy (non-hydrogen) atoms. The van der Waals surface area contributed by atoms with Crippen LogP contribution in [0.4, 0.5) is 13.2 Å². The van der Waals surface area contributed by atoms with Crippen LogP contribution >= 0.6 is 15.9 Å². The van der Waals surface area contributed by atoms with Crippen LogP contribution in [0.2, 0.25) is 0 Å². The number of hydrogen-bond acceptors (Lipinski definition) is 2. The van der Waals surface area contributed by atoms with Gasteiger partial charge in [-0.3, -0.25) is 0 Å². The molecule has 6 heteroatoms. The third kappa shape index (κ3) is 2.53. The Morgan fingerprint density at radius 1 is 0.800 bits per heavy atom. The molecule has 0 heterocycles. The van der Waals surface area contributed by atoms with Crippen molar-refractivity contribution in [3.63, 3.8) is 0 Å². The molecule has 0 amide bonds. The molecule has 0 saturated carbocycles. The standard InChI is InChI=1S/C14H10BrF3O2/c15-11-5-1-9(2-6-11)13(20,14(16,17)18)10-3-7-12(19)8-4-10/h1-8,19-20H. The van der Waals surface area contributed by atoms with Crippen LogP contribution in [0.1, 0.15) is 11.1 Å². The van der Waals surface area contributed by atoms with Crippen LogP contribution < -0.4 is 0 Å². The lowest BCUT2D eigenvalue weighted by Gasteiger charge is -2.31. The molecule has 2 nitrogen and oxygen atoms in total. The van der Waals surface area contributed by atoms with Crippen LogP contribution in [-0.2, 0) is 5.60 Å². The molecule has 2 aromatic carbocycles. The van der Waals surface area contributed by atoms with Gasteiger partial charge in [0.2, 0.25) is 5.60 Å². The maximum atomic E-state index is 13.4. The van der Waals surface area contributed by atoms with Crippen molar-refractivity contribution in [1.29, 1.82) is 0 Å². The van der Waals surface area contributed by atoms with E-state index in [-0.39, 0.29) is 16.9 Å². The fourth-order valence-corrected chi connectivity index (χ4v) is 2.15. The number of halogens is 4. The Balaban J connectivity index is 2.62. The molecule has 0 bridgehead atoms. The lowest BCUT2D eigenvalue weighted by Crippen LogP contribution is -2.43. The summed E-state index contributed by atoms with van der Waals surface area (Å²) < 4.78 is 40.7. The summed E-state index contributed by atoms with van der Waals surface area (Å²) in [4.78, 5) is 0. The molecule has 0 aliphatic rings. The molecule has 2 N–H and O–H groups in total. The van der Waals surface area contributed by atoms with Crippen LogP contribution in [0.5, 0.6) is 5.75 Å². The summed E-state index contributed by atoms with van der Waals surface area (Å²) in [5.41, 5.74) is -3.77. The van der Waals surface area contributed by atoms with E-state index in [0.717, 1.165) is 24.3 Å². The molecule has 0 spiro atoms. The lowest BCUT2D eigenvalue weighted by molar-refractivity contribution is -0.248. The molecule has 0 radical (unpaired) electrons. The highest BCUT2D eigenvalue weighted by molar-refractivity contribution is 9.10. The number of rotatable bonds is 2. The van der Waals surface area contributed by atoms with Gasteiger partial charge in [0.1, 0.15) is 5.75 Å². The molecule has 106 valence electrons. The Kier molecular flexibility index (Phi) is 3.80. The van der Waals surface area contributed by atoms with Crippen LogP contribution in [0.3, 0.4) is 0 Å². The normalized spacial score (nSPS) is 14.8. The van der Waals surface area contributed by atoms with Gasteiger partial charge in [-0.15, -0.1) is 0 Å². The minimum Gasteiger partial charge on any atom is -0.508 e. The minimum absolute atomic E-state index is 0.172. The molecular weight excluding hydrogens is 337 g/mol. The van der Waals surface area contributed by atoms with E-state index in [2.05, 4.69) is 15.9 Å². The topological polar surface area (TPSA) is 40.5 Å². The number of aromatic hydroxyl groups is 1. The Labute approximate surface area is 121 Å². The first-order chi connectivity index (χ1) is 9.25. The van der Waals surface area contributed by atoms with E-state index >= 15 is 0 Å². The largest absolute Gasteiger partial charge is 0.508 e. The summed E-state index contributed by atoms with van der Waals surface area (Å²) >= 11 is 3.13. The van der Waals surface area contributed by atoms with Gasteiger partial charge in [-0.05, 0) is 35.4 Å². The molecule has 0 aromatic heterocycles. The lowest BCUT2D eigenvalue weighted by atomic mass is 9.85. The second kappa shape index (κ2) is 5.10. The zero-order valence-corrected chi connectivity index (χ0v) is 11.6. The molecule has 2 aromatic rings. The van der Waals surface area contributed by atoms with Gasteiger partial charge >= 0.3 is 6.18 Å². The van der Waals surface area contributed by atoms with Gasteiger partial charge in [-0.2, -0.15) is 13.2 Å². The van der Waals surface area contributed by atoms with E-state index in [1.807, 2.05) is 0 Å². The Morgan fingerprint density at radius 3 is 1.60 bits per heavy atom. The first-order valence-electron chi connectivity index (χ1n) is 5.60. The van der Waals surface area contributed by atoms with E-state index in [4.69, 9.17) is 5.11 Å². The second-order valence-corrected chi connectivity index (χ2v) is 5.18. The smallest absolute Gasteiger partial charge is 0.425 e. The number of benzene rings is 2. The molecule has 1 atom stereocenters. The highest BCUT2D eigenvalue weighted by atomic mass is 79.9. The third-order valence-corrected chi connectivity index (χ3v) is 3.49. The van der Waals surface area contributed by atoms with Crippen molar-refractivity contribution in [2.75, 3.05) is 0 Å². The predicted molar refractivity (Wildman–Crippen MR) is 71.3 cm³/mol. The zero-order chi connectivity index (χ0) is 15.0. The number of aliphatic hydroxyl groups is 1. The number of alkyl halides is 3. The molecule has 0 aliphatic heterocycles. The van der Waals surface area contributed by atoms with Gasteiger partial charge in [0.05, 0.1) is 0 Å². The second-order valence-electron chi connectivity index (χ2n) is 4.26. The summed E-state index contributed by atoms with van der Waals surface area (Å²) in [6.45, 7) is 0. The van der Waals surface area contributed by atoms with Gasteiger partial charge in [0.25, 0.3) is 0 Å². The van der Waals surface area contributed by atoms with Crippen molar-refractivity contribution in [3.05, 3.63) is 64.1 Å². The zero-order valence-electron chi connectivity index (χ0n) is 10.0. The van der Waals surface area contributed by atoms with Gasteiger partial charge in [0, 0.05) is 4.47 Å². The first-order valence-corrected chi connectivity index (χ1v) is 6.39. The highest BCUT2D eigenvalue weighted by Crippen LogP contribution is 2.44. The van der Waals surface area contributed by atoms with Crippen molar-refractivity contribution in [3.8, 4) is 5.75 Å². The molecule has 0 saturated heterocycles. The monoisotopic (exact) mass is 346 g/mol. The van der Waals surface area contributed by atoms with E-state index in [0.29, 0.717) is 4.47 Å². The average Bonchev–Trinajstić information content (AvgIpc) is 2.38. The van der Waals surface area contributed by atoms with Crippen molar-refractivity contribution in [2.45, 2.75) is 11.8 Å². The molecular formula is C14H10BrF3O2. The van der Waals surface area contributed by atoms with Crippen molar-refractivity contribution >= 4 is 15.9 Å². The van der Waals surface area contributed by atoms with E-state index in [9.17, 15) is 18.3 Å².